The van der Waals surface area contributed by atoms with E-state index in [-0.39, 0.29) is 3.57 Å². The molecule has 1 aromatic rings. The number of phenolic OH excluding ortho intramolecular Hbond substituents is 1. The molecule has 0 saturated carbocycles. The van der Waals surface area contributed by atoms with Crippen LogP contribution in [0.2, 0.25) is 0 Å². The van der Waals surface area contributed by atoms with E-state index in [2.05, 4.69) is 4.74 Å². The summed E-state index contributed by atoms with van der Waals surface area (Å²) in [7, 11) is 0. The number of alkyl halides is 3. The summed E-state index contributed by atoms with van der Waals surface area (Å²) in [6.07, 6.45) is -4.85. The zero-order valence-corrected chi connectivity index (χ0v) is 8.67. The summed E-state index contributed by atoms with van der Waals surface area (Å²) in [6, 6.07) is 3.33. The molecule has 0 saturated heterocycles. The maximum absolute atomic E-state index is 11.8. The molecule has 1 aromatic carbocycles. The Morgan fingerprint density at radius 1 is 1.36 bits per heavy atom. The number of hydrogen-bond donors (Lipinski definition) is 1. The molecule has 0 unspecified atom stereocenters. The Kier molecular flexibility index (Phi) is 3.29. The van der Waals surface area contributed by atoms with E-state index in [1.165, 1.54) is 6.07 Å². The van der Waals surface area contributed by atoms with Crippen LogP contribution < -0.4 is 4.74 Å². The third-order valence-corrected chi connectivity index (χ3v) is 2.77. The number of halogens is 4. The van der Waals surface area contributed by atoms with Crippen molar-refractivity contribution in [3.8, 4) is 11.5 Å². The van der Waals surface area contributed by atoms with E-state index in [9.17, 15) is 16.2 Å². The number of ether oxygens (including phenoxy) is 1. The predicted molar refractivity (Wildman–Crippen MR) is 48.2 cm³/mol. The van der Waals surface area contributed by atoms with Gasteiger partial charge in [0.25, 0.3) is 0 Å². The molecular weight excluding hydrogens is 316 g/mol. The Morgan fingerprint density at radius 2 is 2.00 bits per heavy atom. The Balaban J connectivity index is 3.08. The summed E-state index contributed by atoms with van der Waals surface area (Å²) in [4.78, 5) is 0. The van der Waals surface area contributed by atoms with Gasteiger partial charge in [0.05, 0.1) is 0 Å². The van der Waals surface area contributed by atoms with Gasteiger partial charge >= 0.3 is 6.36 Å². The molecule has 0 radical (unpaired) electrons. The number of hydrogen-bond acceptors (Lipinski definition) is 3. The molecule has 0 aliphatic rings. The van der Waals surface area contributed by atoms with Crippen molar-refractivity contribution in [3.63, 3.8) is 0 Å². The lowest BCUT2D eigenvalue weighted by molar-refractivity contribution is -0.275. The third-order valence-electron chi connectivity index (χ3n) is 1.25. The van der Waals surface area contributed by atoms with Crippen molar-refractivity contribution in [1.82, 2.24) is 0 Å². The highest BCUT2D eigenvalue weighted by molar-refractivity contribution is 14.1. The summed E-state index contributed by atoms with van der Waals surface area (Å²) in [5.41, 5.74) is 0. The van der Waals surface area contributed by atoms with Gasteiger partial charge in [-0.05, 0) is 12.1 Å². The van der Waals surface area contributed by atoms with Gasteiger partial charge in [0.2, 0.25) is 0 Å². The number of benzene rings is 1. The molecule has 1 N–H and O–H groups in total. The maximum Gasteiger partial charge on any atom is 0.573 e. The lowest BCUT2D eigenvalue weighted by Crippen LogP contribution is -2.17. The van der Waals surface area contributed by atoms with Crippen molar-refractivity contribution < 1.29 is 26.1 Å². The van der Waals surface area contributed by atoms with Crippen LogP contribution in [0.25, 0.3) is 0 Å². The highest BCUT2D eigenvalue weighted by Gasteiger charge is 2.32. The van der Waals surface area contributed by atoms with Crippen LogP contribution in [0, 0.1) is 3.57 Å². The summed E-state index contributed by atoms with van der Waals surface area (Å²) in [6.45, 7) is 0. The molecule has 0 aliphatic carbocycles. The van der Waals surface area contributed by atoms with Gasteiger partial charge in [-0.25, -0.2) is 0 Å². The molecule has 0 heterocycles. The smallest absolute Gasteiger partial charge is 0.507 e. The lowest BCUT2D eigenvalue weighted by atomic mass is 10.3. The fraction of sp³-hybridized carbons (Fsp3) is 0.143. The molecule has 0 bridgehead atoms. The first kappa shape index (κ1) is 11.2. The second kappa shape index (κ2) is 4.11. The van der Waals surface area contributed by atoms with Crippen LogP contribution in [-0.4, -0.2) is 11.5 Å². The van der Waals surface area contributed by atoms with E-state index in [1.54, 1.807) is 0 Å². The van der Waals surface area contributed by atoms with E-state index in [1.807, 2.05) is 0 Å². The zero-order valence-electron chi connectivity index (χ0n) is 6.51. The Morgan fingerprint density at radius 3 is 2.50 bits per heavy atom. The molecule has 0 atom stereocenters. The normalized spacial score (nSPS) is 11.4. The minimum absolute atomic E-state index is 0.288. The topological polar surface area (TPSA) is 46.5 Å². The van der Waals surface area contributed by atoms with Crippen molar-refractivity contribution in [2.24, 2.45) is 0 Å². The van der Waals surface area contributed by atoms with Crippen LogP contribution >= 0.6 is 21.2 Å². The van der Waals surface area contributed by atoms with E-state index in [4.69, 9.17) is 5.11 Å². The molecule has 7 heteroatoms. The lowest BCUT2D eigenvalue weighted by Gasteiger charge is -2.10. The van der Waals surface area contributed by atoms with Gasteiger partial charge in [-0.15, -0.1) is 13.2 Å². The van der Waals surface area contributed by atoms with E-state index in [0.29, 0.717) is 0 Å². The third kappa shape index (κ3) is 2.82. The van der Waals surface area contributed by atoms with Crippen LogP contribution in [0.15, 0.2) is 18.2 Å². The van der Waals surface area contributed by atoms with Crippen LogP contribution in [0.1, 0.15) is 0 Å². The van der Waals surface area contributed by atoms with Gasteiger partial charge in [-0.3, -0.25) is 3.07 Å². The molecule has 0 spiro atoms. The monoisotopic (exact) mass is 320 g/mol. The number of phenols is 1. The Hall–Kier alpha value is -0.860. The molecule has 0 fully saturated rings. The number of aromatic hydroxyl groups is 1. The van der Waals surface area contributed by atoms with Crippen LogP contribution in [0.5, 0.6) is 11.5 Å². The van der Waals surface area contributed by atoms with Crippen molar-refractivity contribution >= 4 is 21.2 Å². The molecule has 14 heavy (non-hydrogen) atoms. The molecular formula is C7H4F3IO3. The maximum atomic E-state index is 11.8. The van der Waals surface area contributed by atoms with Crippen molar-refractivity contribution in [1.29, 1.82) is 0 Å². The Labute approximate surface area is 87.1 Å². The quantitative estimate of drug-likeness (QED) is 0.853. The van der Waals surface area contributed by atoms with Crippen molar-refractivity contribution in [2.45, 2.75) is 6.36 Å². The molecule has 0 aliphatic heterocycles. The fourth-order valence-electron chi connectivity index (χ4n) is 0.780. The van der Waals surface area contributed by atoms with Gasteiger partial charge in [-0.2, -0.15) is 0 Å². The summed E-state index contributed by atoms with van der Waals surface area (Å²) >= 11 is -1.91. The zero-order chi connectivity index (χ0) is 10.8. The summed E-state index contributed by atoms with van der Waals surface area (Å²) in [5.74, 6) is -1.06. The minimum Gasteiger partial charge on any atom is -0.507 e. The van der Waals surface area contributed by atoms with E-state index < -0.39 is 39.1 Å². The Bertz CT molecular complexity index is 351. The fourth-order valence-corrected chi connectivity index (χ4v) is 1.69. The predicted octanol–water partition coefficient (Wildman–Crippen LogP) is 2.78. The van der Waals surface area contributed by atoms with Crippen molar-refractivity contribution in [2.75, 3.05) is 0 Å². The van der Waals surface area contributed by atoms with Crippen molar-refractivity contribution in [3.05, 3.63) is 21.8 Å². The second-order valence-corrected chi connectivity index (χ2v) is 3.73. The van der Waals surface area contributed by atoms with Crippen LogP contribution in [-0.2, 0) is 3.07 Å². The summed E-state index contributed by atoms with van der Waals surface area (Å²) < 4.78 is 49.2. The minimum atomic E-state index is -4.85. The molecule has 78 valence electrons. The standard InChI is InChI=1S/C7H4F3IO3/c8-7(9,10)14-5-3-1-2-4(12)6(5)11-13/h1-3,12H. The molecule has 0 aromatic heterocycles. The van der Waals surface area contributed by atoms with E-state index >= 15 is 0 Å². The van der Waals surface area contributed by atoms with Gasteiger partial charge in [0.1, 0.15) is 15.1 Å². The average Bonchev–Trinajstić information content (AvgIpc) is 2.01. The average molecular weight is 320 g/mol. The van der Waals surface area contributed by atoms with Gasteiger partial charge in [-0.1, -0.05) is 6.07 Å². The van der Waals surface area contributed by atoms with E-state index in [0.717, 1.165) is 12.1 Å². The SMILES string of the molecule is O=Ic1c(O)cccc1OC(F)(F)F. The number of rotatable bonds is 2. The first-order valence-electron chi connectivity index (χ1n) is 3.29. The highest BCUT2D eigenvalue weighted by atomic mass is 127. The molecule has 1 rings (SSSR count). The highest BCUT2D eigenvalue weighted by Crippen LogP contribution is 2.34. The summed E-state index contributed by atoms with van der Waals surface area (Å²) in [5, 5.41) is 9.07. The van der Waals surface area contributed by atoms with Gasteiger partial charge in [0.15, 0.2) is 21.2 Å². The largest absolute Gasteiger partial charge is 0.573 e. The first-order valence-corrected chi connectivity index (χ1v) is 5.25. The second-order valence-electron chi connectivity index (χ2n) is 2.21. The first-order chi connectivity index (χ1) is 6.44. The van der Waals surface area contributed by atoms with Gasteiger partial charge in [0, 0.05) is 0 Å². The molecule has 0 amide bonds. The van der Waals surface area contributed by atoms with Crippen LogP contribution in [0.3, 0.4) is 0 Å². The molecule has 3 nitrogen and oxygen atoms in total. The van der Waals surface area contributed by atoms with Crippen LogP contribution in [0.4, 0.5) is 13.2 Å². The van der Waals surface area contributed by atoms with Gasteiger partial charge < -0.3 is 9.84 Å².